The molecule has 1 aromatic rings. The molecule has 0 aliphatic rings. The van der Waals surface area contributed by atoms with E-state index >= 15 is 0 Å². The van der Waals surface area contributed by atoms with Gasteiger partial charge < -0.3 is 10.0 Å². The van der Waals surface area contributed by atoms with Crippen molar-refractivity contribution in [3.05, 3.63) is 29.3 Å². The van der Waals surface area contributed by atoms with Gasteiger partial charge in [-0.25, -0.2) is 13.2 Å². The molecular formula is C13H17NO5S. The first kappa shape index (κ1) is 16.2. The molecule has 0 aromatic heterocycles. The SMILES string of the molecule is CCCN(C)C(=O)c1cc(C(=O)O)cc(S(C)(=O)=O)c1. The van der Waals surface area contributed by atoms with Crippen LogP contribution in [0.2, 0.25) is 0 Å². The summed E-state index contributed by atoms with van der Waals surface area (Å²) in [6.45, 7) is 2.41. The number of aromatic carboxylic acids is 1. The quantitative estimate of drug-likeness (QED) is 0.884. The van der Waals surface area contributed by atoms with Crippen LogP contribution < -0.4 is 0 Å². The topological polar surface area (TPSA) is 91.8 Å². The van der Waals surface area contributed by atoms with Crippen LogP contribution in [0.1, 0.15) is 34.1 Å². The molecule has 6 nitrogen and oxygen atoms in total. The van der Waals surface area contributed by atoms with Crippen molar-refractivity contribution in [2.75, 3.05) is 19.8 Å². The van der Waals surface area contributed by atoms with E-state index in [1.165, 1.54) is 17.0 Å². The van der Waals surface area contributed by atoms with E-state index in [0.717, 1.165) is 18.7 Å². The summed E-state index contributed by atoms with van der Waals surface area (Å²) in [5.74, 6) is -1.68. The van der Waals surface area contributed by atoms with E-state index in [9.17, 15) is 18.0 Å². The highest BCUT2D eigenvalue weighted by Gasteiger charge is 2.18. The Labute approximate surface area is 117 Å². The fourth-order valence-electron chi connectivity index (χ4n) is 1.72. The van der Waals surface area contributed by atoms with Crippen molar-refractivity contribution >= 4 is 21.7 Å². The monoisotopic (exact) mass is 299 g/mol. The Bertz CT molecular complexity index is 636. The van der Waals surface area contributed by atoms with E-state index in [2.05, 4.69) is 0 Å². The van der Waals surface area contributed by atoms with Crippen LogP contribution in [0.4, 0.5) is 0 Å². The van der Waals surface area contributed by atoms with Crippen LogP contribution in [-0.2, 0) is 9.84 Å². The molecule has 0 atom stereocenters. The summed E-state index contributed by atoms with van der Waals surface area (Å²) in [4.78, 5) is 24.4. The Morgan fingerprint density at radius 2 is 1.75 bits per heavy atom. The third-order valence-corrected chi connectivity index (χ3v) is 3.83. The lowest BCUT2D eigenvalue weighted by molar-refractivity contribution is 0.0696. The third-order valence-electron chi connectivity index (χ3n) is 2.73. The number of hydrogen-bond donors (Lipinski definition) is 1. The van der Waals surface area contributed by atoms with Gasteiger partial charge in [-0.2, -0.15) is 0 Å². The van der Waals surface area contributed by atoms with E-state index in [-0.39, 0.29) is 16.0 Å². The summed E-state index contributed by atoms with van der Waals surface area (Å²) in [6, 6.07) is 3.44. The lowest BCUT2D eigenvalue weighted by Gasteiger charge is -2.16. The zero-order valence-corrected chi connectivity index (χ0v) is 12.4. The average Bonchev–Trinajstić information content (AvgIpc) is 2.36. The first-order valence-corrected chi connectivity index (χ1v) is 7.90. The molecule has 0 saturated carbocycles. The second-order valence-electron chi connectivity index (χ2n) is 4.55. The number of rotatable bonds is 5. The van der Waals surface area contributed by atoms with Gasteiger partial charge in [0.05, 0.1) is 10.5 Å². The van der Waals surface area contributed by atoms with Crippen molar-refractivity contribution in [3.8, 4) is 0 Å². The van der Waals surface area contributed by atoms with E-state index in [0.29, 0.717) is 6.54 Å². The molecule has 20 heavy (non-hydrogen) atoms. The normalized spacial score (nSPS) is 11.2. The van der Waals surface area contributed by atoms with E-state index in [1.54, 1.807) is 7.05 Å². The van der Waals surface area contributed by atoms with Crippen LogP contribution in [0.25, 0.3) is 0 Å². The molecule has 0 bridgehead atoms. The predicted octanol–water partition coefficient (Wildman–Crippen LogP) is 1.27. The Balaban J connectivity index is 3.37. The number of sulfone groups is 1. The van der Waals surface area contributed by atoms with Gasteiger partial charge in [0, 0.05) is 25.4 Å². The van der Waals surface area contributed by atoms with E-state index in [4.69, 9.17) is 5.11 Å². The number of carboxylic acid groups (broad SMARTS) is 1. The molecule has 1 amide bonds. The van der Waals surface area contributed by atoms with Gasteiger partial charge in [-0.15, -0.1) is 0 Å². The molecule has 0 radical (unpaired) electrons. The molecule has 0 aliphatic heterocycles. The fourth-order valence-corrected chi connectivity index (χ4v) is 2.40. The molecule has 0 spiro atoms. The highest BCUT2D eigenvalue weighted by atomic mass is 32.2. The summed E-state index contributed by atoms with van der Waals surface area (Å²) in [6.07, 6.45) is 1.72. The molecule has 1 aromatic carbocycles. The number of hydrogen-bond acceptors (Lipinski definition) is 4. The smallest absolute Gasteiger partial charge is 0.335 e. The van der Waals surface area contributed by atoms with Crippen LogP contribution in [0.15, 0.2) is 23.1 Å². The van der Waals surface area contributed by atoms with Gasteiger partial charge >= 0.3 is 5.97 Å². The molecule has 0 fully saturated rings. The molecule has 0 saturated heterocycles. The Morgan fingerprint density at radius 3 is 2.20 bits per heavy atom. The zero-order valence-electron chi connectivity index (χ0n) is 11.6. The average molecular weight is 299 g/mol. The summed E-state index contributed by atoms with van der Waals surface area (Å²) in [5, 5.41) is 9.00. The second-order valence-corrected chi connectivity index (χ2v) is 6.57. The van der Waals surface area contributed by atoms with Crippen LogP contribution in [0.5, 0.6) is 0 Å². The molecule has 110 valence electrons. The van der Waals surface area contributed by atoms with Crippen molar-refractivity contribution in [1.29, 1.82) is 0 Å². The lowest BCUT2D eigenvalue weighted by atomic mass is 10.1. The standard InChI is InChI=1S/C13H17NO5S/c1-4-5-14(2)12(15)9-6-10(13(16)17)8-11(7-9)20(3,18)19/h6-8H,4-5H2,1-3H3,(H,16,17). The molecular weight excluding hydrogens is 282 g/mol. The third kappa shape index (κ3) is 3.80. The molecule has 7 heteroatoms. The molecule has 1 rings (SSSR count). The molecule has 0 heterocycles. The Kier molecular flexibility index (Phi) is 4.88. The predicted molar refractivity (Wildman–Crippen MR) is 73.8 cm³/mol. The maximum Gasteiger partial charge on any atom is 0.335 e. The van der Waals surface area contributed by atoms with Crippen molar-refractivity contribution in [1.82, 2.24) is 4.90 Å². The highest BCUT2D eigenvalue weighted by Crippen LogP contribution is 2.17. The fraction of sp³-hybridized carbons (Fsp3) is 0.385. The van der Waals surface area contributed by atoms with E-state index < -0.39 is 21.7 Å². The van der Waals surface area contributed by atoms with Crippen LogP contribution in [0.3, 0.4) is 0 Å². The van der Waals surface area contributed by atoms with Crippen molar-refractivity contribution in [3.63, 3.8) is 0 Å². The summed E-state index contributed by atoms with van der Waals surface area (Å²) >= 11 is 0. The maximum atomic E-state index is 12.1. The summed E-state index contributed by atoms with van der Waals surface area (Å²) in [5.41, 5.74) is -0.164. The van der Waals surface area contributed by atoms with Gasteiger partial charge in [0.15, 0.2) is 9.84 Å². The van der Waals surface area contributed by atoms with Crippen LogP contribution in [0, 0.1) is 0 Å². The number of carbonyl (C=O) groups is 2. The van der Waals surface area contributed by atoms with E-state index in [1.807, 2.05) is 6.92 Å². The van der Waals surface area contributed by atoms with Crippen LogP contribution in [-0.4, -0.2) is 50.1 Å². The second kappa shape index (κ2) is 6.04. The van der Waals surface area contributed by atoms with Crippen LogP contribution >= 0.6 is 0 Å². The van der Waals surface area contributed by atoms with Gasteiger partial charge in [-0.3, -0.25) is 4.79 Å². The van der Waals surface area contributed by atoms with Gasteiger partial charge in [-0.1, -0.05) is 6.92 Å². The van der Waals surface area contributed by atoms with Gasteiger partial charge in [0.25, 0.3) is 5.91 Å². The maximum absolute atomic E-state index is 12.1. The van der Waals surface area contributed by atoms with Crippen molar-refractivity contribution in [2.24, 2.45) is 0 Å². The van der Waals surface area contributed by atoms with Crippen molar-refractivity contribution < 1.29 is 23.1 Å². The summed E-state index contributed by atoms with van der Waals surface area (Å²) < 4.78 is 23.1. The molecule has 0 unspecified atom stereocenters. The number of carboxylic acids is 1. The number of benzene rings is 1. The minimum Gasteiger partial charge on any atom is -0.478 e. The minimum absolute atomic E-state index is 0.0567. The largest absolute Gasteiger partial charge is 0.478 e. The minimum atomic E-state index is -3.59. The highest BCUT2D eigenvalue weighted by molar-refractivity contribution is 7.90. The first-order chi connectivity index (χ1) is 9.16. The van der Waals surface area contributed by atoms with Crippen molar-refractivity contribution in [2.45, 2.75) is 18.2 Å². The molecule has 1 N–H and O–H groups in total. The number of nitrogens with zero attached hydrogens (tertiary/aromatic N) is 1. The zero-order chi connectivity index (χ0) is 15.5. The van der Waals surface area contributed by atoms with Gasteiger partial charge in [0.1, 0.15) is 0 Å². The lowest BCUT2D eigenvalue weighted by Crippen LogP contribution is -2.27. The van der Waals surface area contributed by atoms with Gasteiger partial charge in [-0.05, 0) is 24.6 Å². The number of carbonyl (C=O) groups excluding carboxylic acids is 1. The number of amides is 1. The molecule has 0 aliphatic carbocycles. The first-order valence-electron chi connectivity index (χ1n) is 6.00. The summed E-state index contributed by atoms with van der Waals surface area (Å²) in [7, 11) is -2.00. The Morgan fingerprint density at radius 1 is 1.20 bits per heavy atom. The van der Waals surface area contributed by atoms with Gasteiger partial charge in [0.2, 0.25) is 0 Å². The Hall–Kier alpha value is -1.89.